The molecule has 0 unspecified atom stereocenters. The van der Waals surface area contributed by atoms with Gasteiger partial charge in [0.05, 0.1) is 5.60 Å². The van der Waals surface area contributed by atoms with Crippen molar-refractivity contribution in [2.24, 2.45) is 0 Å². The van der Waals surface area contributed by atoms with Crippen LogP contribution in [0.4, 0.5) is 0 Å². The highest BCUT2D eigenvalue weighted by Gasteiger charge is 2.40. The maximum absolute atomic E-state index is 12.2. The minimum atomic E-state index is -0.315. The second kappa shape index (κ2) is 4.90. The first-order valence-electron chi connectivity index (χ1n) is 6.71. The summed E-state index contributed by atoms with van der Waals surface area (Å²) >= 11 is 0. The van der Waals surface area contributed by atoms with Crippen LogP contribution in [0, 0.1) is 6.92 Å². The molecule has 7 heteroatoms. The van der Waals surface area contributed by atoms with Gasteiger partial charge in [-0.25, -0.2) is 0 Å². The molecule has 20 heavy (non-hydrogen) atoms. The number of carbonyl (C=O) groups excluding carboxylic acids is 2. The van der Waals surface area contributed by atoms with Crippen molar-refractivity contribution in [2.75, 3.05) is 26.2 Å². The van der Waals surface area contributed by atoms with E-state index in [-0.39, 0.29) is 24.0 Å². The molecule has 0 radical (unpaired) electrons. The van der Waals surface area contributed by atoms with Crippen LogP contribution in [0.5, 0.6) is 0 Å². The molecule has 2 saturated heterocycles. The third kappa shape index (κ3) is 2.40. The Morgan fingerprint density at radius 2 is 2.20 bits per heavy atom. The molecule has 1 spiro atoms. The van der Waals surface area contributed by atoms with Crippen LogP contribution in [0.2, 0.25) is 0 Å². The molecular weight excluding hydrogens is 262 g/mol. The molecular formula is C13H17N3O4. The second-order valence-corrected chi connectivity index (χ2v) is 5.36. The monoisotopic (exact) mass is 279 g/mol. The average Bonchev–Trinajstić information content (AvgIpc) is 2.89. The van der Waals surface area contributed by atoms with E-state index in [1.165, 1.54) is 0 Å². The van der Waals surface area contributed by atoms with Gasteiger partial charge >= 0.3 is 0 Å². The van der Waals surface area contributed by atoms with Crippen molar-refractivity contribution in [3.8, 4) is 0 Å². The van der Waals surface area contributed by atoms with E-state index in [1.54, 1.807) is 17.9 Å². The summed E-state index contributed by atoms with van der Waals surface area (Å²) in [4.78, 5) is 25.1. The lowest BCUT2D eigenvalue weighted by Gasteiger charge is -2.43. The van der Waals surface area contributed by atoms with Gasteiger partial charge in [-0.3, -0.25) is 9.59 Å². The smallest absolute Gasteiger partial charge is 0.276 e. The Labute approximate surface area is 116 Å². The molecule has 3 heterocycles. The number of aromatic nitrogens is 1. The molecule has 2 aliphatic rings. The number of amides is 2. The van der Waals surface area contributed by atoms with E-state index in [1.807, 2.05) is 0 Å². The lowest BCUT2D eigenvalue weighted by Crippen LogP contribution is -2.58. The first-order chi connectivity index (χ1) is 9.58. The van der Waals surface area contributed by atoms with E-state index in [9.17, 15) is 9.59 Å². The molecule has 0 aliphatic carbocycles. The van der Waals surface area contributed by atoms with Crippen molar-refractivity contribution in [3.63, 3.8) is 0 Å². The van der Waals surface area contributed by atoms with Gasteiger partial charge < -0.3 is 19.5 Å². The van der Waals surface area contributed by atoms with Gasteiger partial charge in [0.15, 0.2) is 5.69 Å². The topological polar surface area (TPSA) is 84.7 Å². The first kappa shape index (κ1) is 13.1. The minimum Gasteiger partial charge on any atom is -0.363 e. The Kier molecular flexibility index (Phi) is 3.21. The summed E-state index contributed by atoms with van der Waals surface area (Å²) in [7, 11) is 0. The summed E-state index contributed by atoms with van der Waals surface area (Å²) in [5.41, 5.74) is 0.0288. The number of nitrogens with one attached hydrogen (secondary N) is 1. The SMILES string of the molecule is Cc1cc(C(=O)N2CCC3(CC2)CNC(=O)CO3)no1. The predicted octanol–water partition coefficient (Wildman–Crippen LogP) is 0.104. The van der Waals surface area contributed by atoms with E-state index in [4.69, 9.17) is 9.26 Å². The fraction of sp³-hybridized carbons (Fsp3) is 0.615. The van der Waals surface area contributed by atoms with Gasteiger partial charge in [-0.05, 0) is 19.8 Å². The molecule has 2 fully saturated rings. The van der Waals surface area contributed by atoms with Gasteiger partial charge in [0.25, 0.3) is 5.91 Å². The average molecular weight is 279 g/mol. The summed E-state index contributed by atoms with van der Waals surface area (Å²) in [6.07, 6.45) is 1.44. The van der Waals surface area contributed by atoms with Crippen LogP contribution in [0.1, 0.15) is 29.1 Å². The second-order valence-electron chi connectivity index (χ2n) is 5.36. The van der Waals surface area contributed by atoms with Crippen LogP contribution in [0.25, 0.3) is 0 Å². The maximum Gasteiger partial charge on any atom is 0.276 e. The molecule has 1 aromatic rings. The van der Waals surface area contributed by atoms with Crippen LogP contribution in [-0.2, 0) is 9.53 Å². The Balaban J connectivity index is 1.61. The summed E-state index contributed by atoms with van der Waals surface area (Å²) < 4.78 is 10.6. The zero-order valence-corrected chi connectivity index (χ0v) is 11.3. The molecule has 2 amide bonds. The third-order valence-corrected chi connectivity index (χ3v) is 3.93. The van der Waals surface area contributed by atoms with Crippen molar-refractivity contribution in [3.05, 3.63) is 17.5 Å². The minimum absolute atomic E-state index is 0.0767. The van der Waals surface area contributed by atoms with E-state index in [0.29, 0.717) is 31.1 Å². The number of ether oxygens (including phenoxy) is 1. The Morgan fingerprint density at radius 3 is 2.75 bits per heavy atom. The van der Waals surface area contributed by atoms with Crippen molar-refractivity contribution < 1.29 is 18.8 Å². The van der Waals surface area contributed by atoms with Crippen LogP contribution in [-0.4, -0.2) is 53.7 Å². The van der Waals surface area contributed by atoms with E-state index in [0.717, 1.165) is 12.8 Å². The Morgan fingerprint density at radius 1 is 1.45 bits per heavy atom. The molecule has 0 atom stereocenters. The van der Waals surface area contributed by atoms with Gasteiger partial charge in [-0.15, -0.1) is 0 Å². The number of carbonyl (C=O) groups is 2. The number of likely N-dealkylation sites (tertiary alicyclic amines) is 1. The Hall–Kier alpha value is -1.89. The first-order valence-corrected chi connectivity index (χ1v) is 6.71. The number of morpholine rings is 1. The highest BCUT2D eigenvalue weighted by molar-refractivity contribution is 5.92. The molecule has 3 rings (SSSR count). The summed E-state index contributed by atoms with van der Waals surface area (Å²) in [6, 6.07) is 1.64. The van der Waals surface area contributed by atoms with Crippen LogP contribution < -0.4 is 5.32 Å². The molecule has 0 bridgehead atoms. The highest BCUT2D eigenvalue weighted by Crippen LogP contribution is 2.28. The largest absolute Gasteiger partial charge is 0.363 e. The zero-order chi connectivity index (χ0) is 14.2. The number of rotatable bonds is 1. The van der Waals surface area contributed by atoms with Crippen molar-refractivity contribution in [1.82, 2.24) is 15.4 Å². The van der Waals surface area contributed by atoms with Gasteiger partial charge in [0.2, 0.25) is 5.91 Å². The molecule has 0 aromatic carbocycles. The van der Waals surface area contributed by atoms with E-state index in [2.05, 4.69) is 10.5 Å². The van der Waals surface area contributed by atoms with Crippen molar-refractivity contribution >= 4 is 11.8 Å². The molecule has 0 saturated carbocycles. The van der Waals surface area contributed by atoms with Crippen LogP contribution in [0.15, 0.2) is 10.6 Å². The lowest BCUT2D eigenvalue weighted by molar-refractivity contribution is -0.149. The standard InChI is InChI=1S/C13H17N3O4/c1-9-6-10(15-20-9)12(18)16-4-2-13(3-5-16)8-14-11(17)7-19-13/h6H,2-5,7-8H2,1H3,(H,14,17). The highest BCUT2D eigenvalue weighted by atomic mass is 16.5. The number of hydrogen-bond donors (Lipinski definition) is 1. The molecule has 7 nitrogen and oxygen atoms in total. The fourth-order valence-electron chi connectivity index (χ4n) is 2.65. The van der Waals surface area contributed by atoms with Gasteiger partial charge in [-0.2, -0.15) is 0 Å². The lowest BCUT2D eigenvalue weighted by atomic mass is 9.90. The van der Waals surface area contributed by atoms with Crippen LogP contribution in [0.3, 0.4) is 0 Å². The maximum atomic E-state index is 12.2. The summed E-state index contributed by atoms with van der Waals surface area (Å²) in [6.45, 7) is 3.59. The quantitative estimate of drug-likeness (QED) is 0.788. The van der Waals surface area contributed by atoms with Crippen molar-refractivity contribution in [2.45, 2.75) is 25.4 Å². The molecule has 1 aromatic heterocycles. The summed E-state index contributed by atoms with van der Waals surface area (Å²) in [5.74, 6) is 0.434. The predicted molar refractivity (Wildman–Crippen MR) is 68.1 cm³/mol. The number of nitrogens with zero attached hydrogens (tertiary/aromatic N) is 2. The molecule has 108 valence electrons. The van der Waals surface area contributed by atoms with Crippen molar-refractivity contribution in [1.29, 1.82) is 0 Å². The van der Waals surface area contributed by atoms with E-state index >= 15 is 0 Å². The van der Waals surface area contributed by atoms with Gasteiger partial charge in [0, 0.05) is 25.7 Å². The van der Waals surface area contributed by atoms with Crippen LogP contribution >= 0.6 is 0 Å². The number of aryl methyl sites for hydroxylation is 1. The third-order valence-electron chi connectivity index (χ3n) is 3.93. The van der Waals surface area contributed by atoms with E-state index < -0.39 is 0 Å². The zero-order valence-electron chi connectivity index (χ0n) is 11.3. The summed E-state index contributed by atoms with van der Waals surface area (Å²) in [5, 5.41) is 6.58. The normalized spacial score (nSPS) is 21.9. The molecule has 2 aliphatic heterocycles. The van der Waals surface area contributed by atoms with Gasteiger partial charge in [0.1, 0.15) is 12.4 Å². The van der Waals surface area contributed by atoms with Gasteiger partial charge in [-0.1, -0.05) is 5.16 Å². The Bertz CT molecular complexity index is 519. The number of hydrogen-bond acceptors (Lipinski definition) is 5. The molecule has 1 N–H and O–H groups in total. The number of piperidine rings is 1. The fourth-order valence-corrected chi connectivity index (χ4v) is 2.65.